The molecule has 1 aliphatic heterocycles. The van der Waals surface area contributed by atoms with Crippen LogP contribution in [0.4, 0.5) is 4.79 Å². The molecule has 1 rings (SSSR count). The van der Waals surface area contributed by atoms with E-state index in [1.807, 2.05) is 0 Å². The van der Waals surface area contributed by atoms with Crippen molar-refractivity contribution >= 4 is 23.8 Å². The molecule has 0 bridgehead atoms. The minimum atomic E-state index is -1.21. The van der Waals surface area contributed by atoms with Crippen LogP contribution in [0, 0.1) is 0 Å². The highest BCUT2D eigenvalue weighted by Gasteiger charge is 2.36. The van der Waals surface area contributed by atoms with Crippen molar-refractivity contribution < 1.29 is 24.3 Å². The highest BCUT2D eigenvalue weighted by Crippen LogP contribution is 2.07. The summed E-state index contributed by atoms with van der Waals surface area (Å²) >= 11 is 0. The topological polar surface area (TPSA) is 119 Å². The number of carboxylic acids is 1. The van der Waals surface area contributed by atoms with E-state index in [0.29, 0.717) is 0 Å². The highest BCUT2D eigenvalue weighted by atomic mass is 16.4. The Balaban J connectivity index is 2.78. The zero-order valence-electron chi connectivity index (χ0n) is 10.7. The summed E-state index contributed by atoms with van der Waals surface area (Å²) in [5.41, 5.74) is 0. The van der Waals surface area contributed by atoms with Gasteiger partial charge < -0.3 is 20.6 Å². The maximum Gasteiger partial charge on any atom is 0.328 e. The van der Waals surface area contributed by atoms with E-state index in [1.165, 1.54) is 14.1 Å². The van der Waals surface area contributed by atoms with E-state index >= 15 is 0 Å². The second-order valence-electron chi connectivity index (χ2n) is 4.10. The fourth-order valence-corrected chi connectivity index (χ4v) is 1.64. The zero-order valence-corrected chi connectivity index (χ0v) is 10.7. The van der Waals surface area contributed by atoms with Gasteiger partial charge in [-0.1, -0.05) is 0 Å². The molecule has 1 heterocycles. The number of rotatable bonds is 3. The first-order chi connectivity index (χ1) is 8.86. The van der Waals surface area contributed by atoms with E-state index in [0.717, 1.165) is 9.80 Å². The average Bonchev–Trinajstić information content (AvgIpc) is 2.36. The highest BCUT2D eigenvalue weighted by molar-refractivity contribution is 5.91. The van der Waals surface area contributed by atoms with Gasteiger partial charge in [0.25, 0.3) is 0 Å². The van der Waals surface area contributed by atoms with Gasteiger partial charge in [0, 0.05) is 20.6 Å². The normalized spacial score (nSPS) is 18.5. The molecular formula is C10H16N4O5. The number of nitrogens with one attached hydrogen (secondary N) is 2. The Bertz CT molecular complexity index is 411. The third-order valence-corrected chi connectivity index (χ3v) is 2.70. The lowest BCUT2D eigenvalue weighted by Gasteiger charge is -2.35. The van der Waals surface area contributed by atoms with Crippen molar-refractivity contribution in [1.29, 1.82) is 0 Å². The Hall–Kier alpha value is -2.32. The fraction of sp³-hybridized carbons (Fsp3) is 0.600. The van der Waals surface area contributed by atoms with E-state index in [4.69, 9.17) is 5.11 Å². The number of carboxylic acid groups (broad SMARTS) is 1. The molecular weight excluding hydrogens is 256 g/mol. The first-order valence-electron chi connectivity index (χ1n) is 5.58. The predicted molar refractivity (Wildman–Crippen MR) is 63.2 cm³/mol. The molecule has 1 aliphatic rings. The third kappa shape index (κ3) is 3.57. The standard InChI is InChI=1S/C10H16N4O5/c1-11-7(15)4-13(2)10(19)14-5-8(16)12-3-6(14)9(17)18/h6H,3-5H2,1-2H3,(H,11,15)(H,12,16)(H,17,18). The Morgan fingerprint density at radius 2 is 2.16 bits per heavy atom. The van der Waals surface area contributed by atoms with Crippen LogP contribution in [0.1, 0.15) is 0 Å². The number of likely N-dealkylation sites (N-methyl/N-ethyl adjacent to an activating group) is 2. The number of urea groups is 1. The summed E-state index contributed by atoms with van der Waals surface area (Å²) in [4.78, 5) is 47.5. The maximum absolute atomic E-state index is 12.0. The summed E-state index contributed by atoms with van der Waals surface area (Å²) in [5, 5.41) is 13.7. The summed E-state index contributed by atoms with van der Waals surface area (Å²) in [6.45, 7) is -0.693. The molecule has 0 aromatic heterocycles. The van der Waals surface area contributed by atoms with Crippen LogP contribution in [0.5, 0.6) is 0 Å². The van der Waals surface area contributed by atoms with Gasteiger partial charge in [0.05, 0.1) is 0 Å². The average molecular weight is 272 g/mol. The van der Waals surface area contributed by atoms with Gasteiger partial charge in [-0.2, -0.15) is 0 Å². The lowest BCUT2D eigenvalue weighted by molar-refractivity contribution is -0.144. The molecule has 1 saturated heterocycles. The van der Waals surface area contributed by atoms with Crippen LogP contribution in [0.25, 0.3) is 0 Å². The molecule has 0 aromatic carbocycles. The van der Waals surface area contributed by atoms with Gasteiger partial charge in [0.2, 0.25) is 11.8 Å². The Morgan fingerprint density at radius 1 is 1.53 bits per heavy atom. The minimum Gasteiger partial charge on any atom is -0.480 e. The summed E-state index contributed by atoms with van der Waals surface area (Å²) in [6, 6.07) is -1.80. The molecule has 19 heavy (non-hydrogen) atoms. The maximum atomic E-state index is 12.0. The second-order valence-corrected chi connectivity index (χ2v) is 4.10. The number of aliphatic carboxylic acids is 1. The summed E-state index contributed by atoms with van der Waals surface area (Å²) in [5.74, 6) is -2.02. The van der Waals surface area contributed by atoms with E-state index < -0.39 is 23.9 Å². The molecule has 9 heteroatoms. The number of carbonyl (C=O) groups is 4. The number of piperazine rings is 1. The van der Waals surface area contributed by atoms with Gasteiger partial charge in [-0.25, -0.2) is 9.59 Å². The van der Waals surface area contributed by atoms with Gasteiger partial charge >= 0.3 is 12.0 Å². The fourth-order valence-electron chi connectivity index (χ4n) is 1.64. The van der Waals surface area contributed by atoms with Crippen LogP contribution in [-0.2, 0) is 14.4 Å². The van der Waals surface area contributed by atoms with Gasteiger partial charge in [-0.05, 0) is 0 Å². The Kier molecular flexibility index (Phi) is 4.67. The minimum absolute atomic E-state index is 0.145. The lowest BCUT2D eigenvalue weighted by Crippen LogP contribution is -2.61. The molecule has 4 amide bonds. The van der Waals surface area contributed by atoms with Gasteiger partial charge in [-0.15, -0.1) is 0 Å². The summed E-state index contributed by atoms with van der Waals surface area (Å²) in [7, 11) is 2.79. The molecule has 0 saturated carbocycles. The van der Waals surface area contributed by atoms with Crippen molar-refractivity contribution in [3.8, 4) is 0 Å². The number of amides is 4. The molecule has 106 valence electrons. The van der Waals surface area contributed by atoms with Crippen molar-refractivity contribution in [2.24, 2.45) is 0 Å². The van der Waals surface area contributed by atoms with E-state index in [-0.39, 0.29) is 25.5 Å². The lowest BCUT2D eigenvalue weighted by atomic mass is 10.2. The number of hydrogen-bond acceptors (Lipinski definition) is 4. The number of hydrogen-bond donors (Lipinski definition) is 3. The number of nitrogens with zero attached hydrogens (tertiary/aromatic N) is 2. The van der Waals surface area contributed by atoms with Gasteiger partial charge in [0.1, 0.15) is 19.1 Å². The van der Waals surface area contributed by atoms with Crippen LogP contribution in [0.15, 0.2) is 0 Å². The molecule has 1 unspecified atom stereocenters. The Labute approximate surface area is 109 Å². The second kappa shape index (κ2) is 6.03. The quantitative estimate of drug-likeness (QED) is 0.532. The smallest absolute Gasteiger partial charge is 0.328 e. The van der Waals surface area contributed by atoms with Crippen LogP contribution < -0.4 is 10.6 Å². The molecule has 0 aliphatic carbocycles. The van der Waals surface area contributed by atoms with Crippen LogP contribution in [0.2, 0.25) is 0 Å². The summed E-state index contributed by atoms with van der Waals surface area (Å²) in [6.07, 6.45) is 0. The van der Waals surface area contributed by atoms with Gasteiger partial charge in [0.15, 0.2) is 0 Å². The molecule has 0 radical (unpaired) electrons. The molecule has 0 aromatic rings. The van der Waals surface area contributed by atoms with Crippen molar-refractivity contribution in [2.75, 3.05) is 33.7 Å². The SMILES string of the molecule is CNC(=O)CN(C)C(=O)N1CC(=O)NCC1C(=O)O. The van der Waals surface area contributed by atoms with E-state index in [1.54, 1.807) is 0 Å². The van der Waals surface area contributed by atoms with Crippen molar-refractivity contribution in [3.05, 3.63) is 0 Å². The first-order valence-corrected chi connectivity index (χ1v) is 5.58. The first kappa shape index (κ1) is 14.7. The molecule has 1 fully saturated rings. The number of carbonyl (C=O) groups excluding carboxylic acids is 3. The van der Waals surface area contributed by atoms with Crippen molar-refractivity contribution in [3.63, 3.8) is 0 Å². The van der Waals surface area contributed by atoms with E-state index in [9.17, 15) is 19.2 Å². The monoisotopic (exact) mass is 272 g/mol. The predicted octanol–water partition coefficient (Wildman–Crippen LogP) is -2.33. The molecule has 1 atom stereocenters. The largest absolute Gasteiger partial charge is 0.480 e. The van der Waals surface area contributed by atoms with Crippen LogP contribution in [0.3, 0.4) is 0 Å². The molecule has 3 N–H and O–H groups in total. The van der Waals surface area contributed by atoms with Crippen molar-refractivity contribution in [2.45, 2.75) is 6.04 Å². The molecule has 0 spiro atoms. The van der Waals surface area contributed by atoms with E-state index in [2.05, 4.69) is 10.6 Å². The Morgan fingerprint density at radius 3 is 2.68 bits per heavy atom. The van der Waals surface area contributed by atoms with Gasteiger partial charge in [-0.3, -0.25) is 14.5 Å². The van der Waals surface area contributed by atoms with Crippen molar-refractivity contribution in [1.82, 2.24) is 20.4 Å². The zero-order chi connectivity index (χ0) is 14.6. The van der Waals surface area contributed by atoms with Crippen LogP contribution >= 0.6 is 0 Å². The summed E-state index contributed by atoms with van der Waals surface area (Å²) < 4.78 is 0. The third-order valence-electron chi connectivity index (χ3n) is 2.70. The molecule has 9 nitrogen and oxygen atoms in total. The van der Waals surface area contributed by atoms with Crippen LogP contribution in [-0.4, -0.2) is 78.5 Å².